The van der Waals surface area contributed by atoms with E-state index in [0.29, 0.717) is 6.61 Å². The molecule has 0 aliphatic heterocycles. The Morgan fingerprint density at radius 1 is 1.12 bits per heavy atom. The van der Waals surface area contributed by atoms with Gasteiger partial charge in [-0.05, 0) is 44.0 Å². The Hall–Kier alpha value is -2.48. The van der Waals surface area contributed by atoms with Crippen molar-refractivity contribution in [3.63, 3.8) is 0 Å². The van der Waals surface area contributed by atoms with Crippen LogP contribution < -0.4 is 15.4 Å². The molecule has 186 valence electrons. The first-order valence-electron chi connectivity index (χ1n) is 11.2. The van der Waals surface area contributed by atoms with E-state index in [-0.39, 0.29) is 40.3 Å². The SMILES string of the molecule is CNCCCCOc1c(Cl)cc(C(=O)N[C@@H](Cc2ccccc2)C(=O)OCC(C)C)c(O)c1Cl. The molecule has 7 nitrogen and oxygen atoms in total. The molecular weight excluding hydrogens is 479 g/mol. The van der Waals surface area contributed by atoms with Crippen molar-refractivity contribution in [3.8, 4) is 11.5 Å². The number of rotatable bonds is 13. The number of carbonyl (C=O) groups excluding carboxylic acids is 2. The number of phenolic OH excluding ortho intramolecular Hbond substituents is 1. The van der Waals surface area contributed by atoms with Gasteiger partial charge in [-0.15, -0.1) is 0 Å². The van der Waals surface area contributed by atoms with Gasteiger partial charge in [-0.2, -0.15) is 0 Å². The molecule has 34 heavy (non-hydrogen) atoms. The van der Waals surface area contributed by atoms with E-state index in [1.54, 1.807) is 0 Å². The second-order valence-electron chi connectivity index (χ2n) is 8.30. The summed E-state index contributed by atoms with van der Waals surface area (Å²) in [7, 11) is 1.87. The van der Waals surface area contributed by atoms with E-state index in [0.717, 1.165) is 24.9 Å². The van der Waals surface area contributed by atoms with Gasteiger partial charge in [-0.3, -0.25) is 4.79 Å². The highest BCUT2D eigenvalue weighted by molar-refractivity contribution is 6.39. The van der Waals surface area contributed by atoms with E-state index >= 15 is 0 Å². The predicted octanol–water partition coefficient (Wildman–Crippen LogP) is 4.62. The van der Waals surface area contributed by atoms with Gasteiger partial charge in [0.2, 0.25) is 0 Å². The molecule has 0 aliphatic carbocycles. The minimum absolute atomic E-state index is 0.0866. The number of ether oxygens (including phenoxy) is 2. The number of hydrogen-bond acceptors (Lipinski definition) is 6. The lowest BCUT2D eigenvalue weighted by Crippen LogP contribution is -2.43. The zero-order chi connectivity index (χ0) is 25.1. The Balaban J connectivity index is 2.18. The Kier molecular flexibility index (Phi) is 11.5. The topological polar surface area (TPSA) is 96.9 Å². The minimum atomic E-state index is -0.964. The molecule has 0 unspecified atom stereocenters. The normalized spacial score (nSPS) is 11.8. The second kappa shape index (κ2) is 14.0. The molecule has 2 aromatic carbocycles. The van der Waals surface area contributed by atoms with Crippen molar-refractivity contribution >= 4 is 35.1 Å². The highest BCUT2D eigenvalue weighted by Crippen LogP contribution is 2.42. The van der Waals surface area contributed by atoms with Gasteiger partial charge in [0, 0.05) is 6.42 Å². The summed E-state index contributed by atoms with van der Waals surface area (Å²) in [4.78, 5) is 25.7. The van der Waals surface area contributed by atoms with Crippen molar-refractivity contribution in [2.75, 3.05) is 26.8 Å². The number of phenols is 1. The summed E-state index contributed by atoms with van der Waals surface area (Å²) in [6.07, 6.45) is 1.88. The monoisotopic (exact) mass is 510 g/mol. The van der Waals surface area contributed by atoms with Gasteiger partial charge in [0.05, 0.1) is 23.8 Å². The molecule has 1 amide bonds. The largest absolute Gasteiger partial charge is 0.505 e. The van der Waals surface area contributed by atoms with Crippen LogP contribution in [0.3, 0.4) is 0 Å². The van der Waals surface area contributed by atoms with Gasteiger partial charge in [0.15, 0.2) is 11.5 Å². The first kappa shape index (κ1) is 27.8. The third kappa shape index (κ3) is 8.38. The third-order valence-electron chi connectivity index (χ3n) is 4.89. The van der Waals surface area contributed by atoms with Crippen molar-refractivity contribution in [3.05, 3.63) is 57.6 Å². The molecule has 2 rings (SSSR count). The number of esters is 1. The van der Waals surface area contributed by atoms with Crippen LogP contribution in [0.4, 0.5) is 0 Å². The van der Waals surface area contributed by atoms with Crippen LogP contribution in [0.25, 0.3) is 0 Å². The maximum atomic E-state index is 13.0. The van der Waals surface area contributed by atoms with E-state index in [1.165, 1.54) is 6.07 Å². The lowest BCUT2D eigenvalue weighted by atomic mass is 10.0. The molecule has 3 N–H and O–H groups in total. The number of amides is 1. The lowest BCUT2D eigenvalue weighted by molar-refractivity contribution is -0.147. The van der Waals surface area contributed by atoms with Crippen LogP contribution in [0.2, 0.25) is 10.0 Å². The lowest BCUT2D eigenvalue weighted by Gasteiger charge is -2.20. The van der Waals surface area contributed by atoms with Crippen LogP contribution in [-0.2, 0) is 16.0 Å². The fourth-order valence-electron chi connectivity index (χ4n) is 3.10. The number of aromatic hydroxyl groups is 1. The molecule has 9 heteroatoms. The number of hydrogen-bond donors (Lipinski definition) is 3. The molecule has 1 atom stereocenters. The Morgan fingerprint density at radius 3 is 2.47 bits per heavy atom. The molecule has 0 heterocycles. The van der Waals surface area contributed by atoms with E-state index in [9.17, 15) is 14.7 Å². The van der Waals surface area contributed by atoms with Crippen LogP contribution >= 0.6 is 23.2 Å². The smallest absolute Gasteiger partial charge is 0.329 e. The quantitative estimate of drug-likeness (QED) is 0.268. The van der Waals surface area contributed by atoms with Gasteiger partial charge in [0.25, 0.3) is 5.91 Å². The number of benzene rings is 2. The van der Waals surface area contributed by atoms with Gasteiger partial charge >= 0.3 is 5.97 Å². The summed E-state index contributed by atoms with van der Waals surface area (Å²) in [5, 5.41) is 16.2. The van der Waals surface area contributed by atoms with Crippen molar-refractivity contribution in [2.45, 2.75) is 39.2 Å². The van der Waals surface area contributed by atoms with E-state index in [1.807, 2.05) is 51.2 Å². The first-order valence-corrected chi connectivity index (χ1v) is 12.0. The van der Waals surface area contributed by atoms with Crippen LogP contribution in [-0.4, -0.2) is 49.8 Å². The van der Waals surface area contributed by atoms with E-state index in [4.69, 9.17) is 32.7 Å². The van der Waals surface area contributed by atoms with Crippen LogP contribution in [0, 0.1) is 5.92 Å². The summed E-state index contributed by atoms with van der Waals surface area (Å²) in [5.74, 6) is -1.49. The summed E-state index contributed by atoms with van der Waals surface area (Å²) >= 11 is 12.6. The van der Waals surface area contributed by atoms with Crippen molar-refractivity contribution < 1.29 is 24.2 Å². The highest BCUT2D eigenvalue weighted by Gasteiger charge is 2.27. The van der Waals surface area contributed by atoms with Crippen LogP contribution in [0.1, 0.15) is 42.6 Å². The van der Waals surface area contributed by atoms with Crippen molar-refractivity contribution in [2.24, 2.45) is 5.92 Å². The minimum Gasteiger partial charge on any atom is -0.505 e. The summed E-state index contributed by atoms with van der Waals surface area (Å²) in [6, 6.07) is 9.56. The molecule has 2 aromatic rings. The van der Waals surface area contributed by atoms with Crippen molar-refractivity contribution in [1.29, 1.82) is 0 Å². The van der Waals surface area contributed by atoms with Crippen LogP contribution in [0.5, 0.6) is 11.5 Å². The number of nitrogens with one attached hydrogen (secondary N) is 2. The zero-order valence-electron chi connectivity index (χ0n) is 19.7. The molecule has 0 bridgehead atoms. The van der Waals surface area contributed by atoms with Crippen molar-refractivity contribution in [1.82, 2.24) is 10.6 Å². The number of unbranched alkanes of at least 4 members (excludes halogenated alkanes) is 1. The summed E-state index contributed by atoms with van der Waals surface area (Å²) in [5.41, 5.74) is 0.684. The van der Waals surface area contributed by atoms with Gasteiger partial charge in [0.1, 0.15) is 11.1 Å². The number of halogens is 2. The number of carbonyl (C=O) groups is 2. The average Bonchev–Trinajstić information content (AvgIpc) is 2.81. The molecule has 0 spiro atoms. The third-order valence-corrected chi connectivity index (χ3v) is 5.53. The highest BCUT2D eigenvalue weighted by atomic mass is 35.5. The fraction of sp³-hybridized carbons (Fsp3) is 0.440. The Labute approximate surface area is 210 Å². The standard InChI is InChI=1S/C25H32Cl2N2O5/c1-16(2)15-34-25(32)20(13-17-9-5-4-6-10-17)29-24(31)18-14-19(26)23(21(27)22(18)30)33-12-8-7-11-28-3/h4-6,9-10,14,16,20,28,30H,7-8,11-13,15H2,1-3H3,(H,29,31)/t20-/m0/s1. The Morgan fingerprint density at radius 2 is 1.82 bits per heavy atom. The molecule has 0 radical (unpaired) electrons. The molecule has 0 aliphatic rings. The van der Waals surface area contributed by atoms with Crippen LogP contribution in [0.15, 0.2) is 36.4 Å². The second-order valence-corrected chi connectivity index (χ2v) is 9.08. The summed E-state index contributed by atoms with van der Waals surface area (Å²) < 4.78 is 11.0. The fourth-order valence-corrected chi connectivity index (χ4v) is 3.67. The maximum absolute atomic E-state index is 13.0. The molecule has 0 aromatic heterocycles. The van der Waals surface area contributed by atoms with Gasteiger partial charge in [-0.25, -0.2) is 4.79 Å². The first-order chi connectivity index (χ1) is 16.2. The van der Waals surface area contributed by atoms with E-state index in [2.05, 4.69) is 10.6 Å². The molecule has 0 fully saturated rings. The van der Waals surface area contributed by atoms with E-state index < -0.39 is 23.7 Å². The molecule has 0 saturated carbocycles. The molecule has 0 saturated heterocycles. The summed E-state index contributed by atoms with van der Waals surface area (Å²) in [6.45, 7) is 5.27. The molecular formula is C25H32Cl2N2O5. The Bertz CT molecular complexity index is 954. The predicted molar refractivity (Wildman–Crippen MR) is 134 cm³/mol. The maximum Gasteiger partial charge on any atom is 0.329 e. The van der Waals surface area contributed by atoms with Gasteiger partial charge < -0.3 is 25.2 Å². The average molecular weight is 511 g/mol. The zero-order valence-corrected chi connectivity index (χ0v) is 21.2. The van der Waals surface area contributed by atoms with Gasteiger partial charge in [-0.1, -0.05) is 67.4 Å².